The van der Waals surface area contributed by atoms with Crippen molar-refractivity contribution in [1.82, 2.24) is 4.57 Å². The number of anilines is 2. The molecule has 0 radical (unpaired) electrons. The Hall–Kier alpha value is -8.44. The SMILES string of the molecule is C=C/C(=C(\C=C)n1c2ccccc2c2ccccc21)c1ccc(N(c2ccccc2-c2cccc3c2oc2cc4ccccc4cc23)C2C=CC(c3cccc4c3sc3ccccc34)=CC2)cc1. The van der Waals surface area contributed by atoms with E-state index in [9.17, 15) is 0 Å². The average Bonchev–Trinajstić information content (AvgIpc) is 4.07. The van der Waals surface area contributed by atoms with Crippen molar-refractivity contribution in [2.24, 2.45) is 0 Å². The van der Waals surface area contributed by atoms with E-state index >= 15 is 0 Å². The number of thiophene rings is 1. The largest absolute Gasteiger partial charge is 0.455 e. The highest BCUT2D eigenvalue weighted by Gasteiger charge is 2.26. The van der Waals surface area contributed by atoms with Gasteiger partial charge in [0.05, 0.1) is 22.8 Å². The Morgan fingerprint density at radius 1 is 0.574 bits per heavy atom. The van der Waals surface area contributed by atoms with Crippen LogP contribution in [0.25, 0.3) is 103 Å². The van der Waals surface area contributed by atoms with Gasteiger partial charge in [-0.3, -0.25) is 0 Å². The Balaban J connectivity index is 0.953. The molecular weight excluding hydrogens is 845 g/mol. The fraction of sp³-hybridized carbons (Fsp3) is 0.0312. The number of aromatic nitrogens is 1. The van der Waals surface area contributed by atoms with Crippen molar-refractivity contribution in [2.45, 2.75) is 12.5 Å². The van der Waals surface area contributed by atoms with Crippen molar-refractivity contribution < 1.29 is 4.42 Å². The van der Waals surface area contributed by atoms with Crippen molar-refractivity contribution in [1.29, 1.82) is 0 Å². The molecule has 1 aliphatic rings. The summed E-state index contributed by atoms with van der Waals surface area (Å²) in [6.45, 7) is 8.73. The standard InChI is InChI=1S/C64H44N2OS/c1-3-47(57(4-2)66-59-28-12-7-19-49(59)50-20-8-13-29-60(50)66)41-31-35-45(36-32-41)65(46-37-33-42(34-38-46)48-23-15-26-55-52-22-10-14-30-62(52)68-64(48)55)58-27-11-9-21-51(58)53-24-16-25-54-56-39-43-17-5-6-18-44(43)40-61(56)67-63(53)54/h3-37,39-40,46H,1-2,38H2/b57-47-. The second kappa shape index (κ2) is 16.2. The molecule has 3 aromatic heterocycles. The van der Waals surface area contributed by atoms with Crippen LogP contribution >= 0.6 is 11.3 Å². The molecule has 1 unspecified atom stereocenters. The first kappa shape index (κ1) is 39.9. The minimum Gasteiger partial charge on any atom is -0.455 e. The topological polar surface area (TPSA) is 21.3 Å². The van der Waals surface area contributed by atoms with E-state index in [1.54, 1.807) is 0 Å². The molecule has 68 heavy (non-hydrogen) atoms. The number of benzene rings is 9. The molecule has 4 heteroatoms. The Morgan fingerprint density at radius 2 is 1.21 bits per heavy atom. The van der Waals surface area contributed by atoms with Gasteiger partial charge in [-0.2, -0.15) is 0 Å². The molecule has 0 N–H and O–H groups in total. The molecule has 0 fully saturated rings. The van der Waals surface area contributed by atoms with Crippen LogP contribution in [0, 0.1) is 0 Å². The Morgan fingerprint density at radius 3 is 1.94 bits per heavy atom. The van der Waals surface area contributed by atoms with Crippen LogP contribution in [0.2, 0.25) is 0 Å². The van der Waals surface area contributed by atoms with Crippen molar-refractivity contribution in [2.75, 3.05) is 4.90 Å². The van der Waals surface area contributed by atoms with E-state index in [1.165, 1.54) is 52.9 Å². The zero-order valence-electron chi connectivity index (χ0n) is 37.3. The highest BCUT2D eigenvalue weighted by atomic mass is 32.1. The van der Waals surface area contributed by atoms with Crippen molar-refractivity contribution >= 4 is 114 Å². The highest BCUT2D eigenvalue weighted by molar-refractivity contribution is 7.26. The van der Waals surface area contributed by atoms with Gasteiger partial charge in [0.1, 0.15) is 11.2 Å². The summed E-state index contributed by atoms with van der Waals surface area (Å²) in [6, 6.07) is 70.0. The molecule has 0 amide bonds. The summed E-state index contributed by atoms with van der Waals surface area (Å²) in [7, 11) is 0. The maximum absolute atomic E-state index is 6.86. The van der Waals surface area contributed by atoms with Crippen LogP contribution in [-0.4, -0.2) is 10.6 Å². The molecule has 0 spiro atoms. The van der Waals surface area contributed by atoms with Crippen LogP contribution in [0.5, 0.6) is 0 Å². The van der Waals surface area contributed by atoms with Crippen LogP contribution in [0.1, 0.15) is 17.5 Å². The third-order valence-corrected chi connectivity index (χ3v) is 15.1. The van der Waals surface area contributed by atoms with Gasteiger partial charge in [-0.05, 0) is 88.5 Å². The first-order valence-electron chi connectivity index (χ1n) is 23.2. The van der Waals surface area contributed by atoms with Crippen LogP contribution in [0.15, 0.2) is 242 Å². The number of nitrogens with zero attached hydrogens (tertiary/aromatic N) is 2. The minimum atomic E-state index is 0.0169. The molecule has 0 bridgehead atoms. The van der Waals surface area contributed by atoms with Gasteiger partial charge in [-0.25, -0.2) is 0 Å². The van der Waals surface area contributed by atoms with E-state index < -0.39 is 0 Å². The van der Waals surface area contributed by atoms with Crippen LogP contribution in [-0.2, 0) is 0 Å². The second-order valence-corrected chi connectivity index (χ2v) is 18.6. The first-order chi connectivity index (χ1) is 33.6. The van der Waals surface area contributed by atoms with E-state index in [4.69, 9.17) is 4.42 Å². The Kier molecular flexibility index (Phi) is 9.48. The van der Waals surface area contributed by atoms with E-state index in [0.717, 1.165) is 78.7 Å². The van der Waals surface area contributed by atoms with Gasteiger partial charge < -0.3 is 13.9 Å². The van der Waals surface area contributed by atoms with E-state index in [1.807, 2.05) is 23.5 Å². The summed E-state index contributed by atoms with van der Waals surface area (Å²) >= 11 is 1.88. The molecule has 9 aromatic carbocycles. The lowest BCUT2D eigenvalue weighted by Crippen LogP contribution is -2.30. The molecule has 0 aliphatic heterocycles. The van der Waals surface area contributed by atoms with Crippen LogP contribution in [0.4, 0.5) is 11.4 Å². The zero-order valence-corrected chi connectivity index (χ0v) is 38.1. The summed E-state index contributed by atoms with van der Waals surface area (Å²) in [5.41, 5.74) is 14.0. The predicted octanol–water partition coefficient (Wildman–Crippen LogP) is 18.2. The molecular formula is C64H44N2OS. The van der Waals surface area contributed by atoms with Crippen molar-refractivity contribution in [3.05, 3.63) is 249 Å². The fourth-order valence-electron chi connectivity index (χ4n) is 10.8. The Bertz CT molecular complexity index is 4060. The number of rotatable bonds is 9. The molecule has 13 rings (SSSR count). The number of para-hydroxylation sites is 4. The molecule has 3 nitrogen and oxygen atoms in total. The monoisotopic (exact) mass is 888 g/mol. The lowest BCUT2D eigenvalue weighted by Gasteiger charge is -2.35. The average molecular weight is 889 g/mol. The van der Waals surface area contributed by atoms with Gasteiger partial charge in [0.15, 0.2) is 0 Å². The summed E-state index contributed by atoms with van der Waals surface area (Å²) in [5, 5.41) is 9.65. The number of hydrogen-bond donors (Lipinski definition) is 0. The molecule has 12 aromatic rings. The minimum absolute atomic E-state index is 0.0169. The van der Waals surface area contributed by atoms with Gasteiger partial charge >= 0.3 is 0 Å². The third kappa shape index (κ3) is 6.33. The van der Waals surface area contributed by atoms with Crippen molar-refractivity contribution in [3.63, 3.8) is 0 Å². The quantitative estimate of drug-likeness (QED) is 0.135. The van der Waals surface area contributed by atoms with Gasteiger partial charge in [-0.1, -0.05) is 183 Å². The summed E-state index contributed by atoms with van der Waals surface area (Å²) in [6.07, 6.45) is 11.9. The maximum atomic E-state index is 6.86. The van der Waals surface area contributed by atoms with E-state index in [2.05, 4.69) is 235 Å². The number of furan rings is 1. The van der Waals surface area contributed by atoms with E-state index in [-0.39, 0.29) is 6.04 Å². The summed E-state index contributed by atoms with van der Waals surface area (Å²) < 4.78 is 11.8. The zero-order chi connectivity index (χ0) is 45.3. The van der Waals surface area contributed by atoms with Crippen molar-refractivity contribution in [3.8, 4) is 11.1 Å². The molecule has 3 heterocycles. The number of hydrogen-bond acceptors (Lipinski definition) is 3. The predicted molar refractivity (Wildman–Crippen MR) is 293 cm³/mol. The summed E-state index contributed by atoms with van der Waals surface area (Å²) in [5.74, 6) is 0. The summed E-state index contributed by atoms with van der Waals surface area (Å²) in [4.78, 5) is 2.51. The van der Waals surface area contributed by atoms with E-state index in [0.29, 0.717) is 0 Å². The molecule has 1 atom stereocenters. The first-order valence-corrected chi connectivity index (χ1v) is 24.1. The lowest BCUT2D eigenvalue weighted by molar-refractivity contribution is 0.670. The van der Waals surface area contributed by atoms with Gasteiger partial charge in [0, 0.05) is 69.8 Å². The smallest absolute Gasteiger partial charge is 0.143 e. The molecule has 1 aliphatic carbocycles. The molecule has 322 valence electrons. The normalized spacial score (nSPS) is 14.4. The van der Waals surface area contributed by atoms with Crippen LogP contribution < -0.4 is 4.90 Å². The number of fused-ring (bicyclic) bond motifs is 10. The fourth-order valence-corrected chi connectivity index (χ4v) is 12.0. The van der Waals surface area contributed by atoms with Gasteiger partial charge in [0.25, 0.3) is 0 Å². The third-order valence-electron chi connectivity index (χ3n) is 13.9. The maximum Gasteiger partial charge on any atom is 0.143 e. The lowest BCUT2D eigenvalue weighted by atomic mass is 9.93. The molecule has 0 saturated carbocycles. The Labute approximate surface area is 398 Å². The van der Waals surface area contributed by atoms with Gasteiger partial charge in [-0.15, -0.1) is 11.3 Å². The van der Waals surface area contributed by atoms with Crippen LogP contribution in [0.3, 0.4) is 0 Å². The second-order valence-electron chi connectivity index (χ2n) is 17.6. The van der Waals surface area contributed by atoms with Gasteiger partial charge in [0.2, 0.25) is 0 Å². The molecule has 0 saturated heterocycles. The highest BCUT2D eigenvalue weighted by Crippen LogP contribution is 2.45. The number of allylic oxidation sites excluding steroid dienone is 6.